The van der Waals surface area contributed by atoms with Gasteiger partial charge in [-0.05, 0) is 33.3 Å². The highest BCUT2D eigenvalue weighted by Crippen LogP contribution is 2.33. The van der Waals surface area contributed by atoms with Gasteiger partial charge in [0.2, 0.25) is 5.95 Å². The van der Waals surface area contributed by atoms with Gasteiger partial charge in [0.05, 0.1) is 11.7 Å². The standard InChI is InChI=1S/C20H28N8O/c1-12(2)28-13(3)24-14-10-23-17(9-15(14)28)25-16-5-7-22-19(26-16)27-8-6-20(4,11-27)18(21)29/h5,7,9-10,12,18,29H,6,8,11,21H2,1-4H3,(H,22,23,25,26). The van der Waals surface area contributed by atoms with Crippen LogP contribution in [0.1, 0.15) is 39.1 Å². The Bertz CT molecular complexity index is 1030. The van der Waals surface area contributed by atoms with E-state index < -0.39 is 6.23 Å². The number of nitrogens with two attached hydrogens (primary N) is 1. The molecular weight excluding hydrogens is 368 g/mol. The molecule has 3 aromatic heterocycles. The predicted octanol–water partition coefficient (Wildman–Crippen LogP) is 2.35. The van der Waals surface area contributed by atoms with E-state index in [1.807, 2.05) is 26.0 Å². The average molecular weight is 396 g/mol. The maximum atomic E-state index is 9.86. The summed E-state index contributed by atoms with van der Waals surface area (Å²) in [5, 5.41) is 13.1. The van der Waals surface area contributed by atoms with Crippen molar-refractivity contribution in [2.75, 3.05) is 23.3 Å². The number of hydrogen-bond acceptors (Lipinski definition) is 8. The van der Waals surface area contributed by atoms with Gasteiger partial charge in [0.15, 0.2) is 0 Å². The fraction of sp³-hybridized carbons (Fsp3) is 0.500. The Morgan fingerprint density at radius 3 is 2.72 bits per heavy atom. The number of imidazole rings is 1. The summed E-state index contributed by atoms with van der Waals surface area (Å²) in [5.41, 5.74) is 7.31. The van der Waals surface area contributed by atoms with Gasteiger partial charge >= 0.3 is 0 Å². The first-order chi connectivity index (χ1) is 13.8. The molecule has 0 spiro atoms. The quantitative estimate of drug-likeness (QED) is 0.563. The van der Waals surface area contributed by atoms with Crippen LogP contribution in [0, 0.1) is 12.3 Å². The van der Waals surface area contributed by atoms with Gasteiger partial charge in [0.1, 0.15) is 29.2 Å². The van der Waals surface area contributed by atoms with Crippen LogP contribution in [0.2, 0.25) is 0 Å². The number of nitrogens with one attached hydrogen (secondary N) is 1. The van der Waals surface area contributed by atoms with Crippen LogP contribution in [-0.2, 0) is 0 Å². The maximum Gasteiger partial charge on any atom is 0.227 e. The number of nitrogens with zero attached hydrogens (tertiary/aromatic N) is 6. The molecule has 1 aliphatic heterocycles. The number of aryl methyl sites for hydroxylation is 1. The van der Waals surface area contributed by atoms with Crippen LogP contribution in [0.25, 0.3) is 11.0 Å². The maximum absolute atomic E-state index is 9.86. The number of aliphatic hydroxyl groups is 1. The fourth-order valence-corrected chi connectivity index (χ4v) is 3.94. The Kier molecular flexibility index (Phi) is 4.87. The molecule has 0 aromatic carbocycles. The second-order valence-electron chi connectivity index (χ2n) is 8.32. The zero-order valence-electron chi connectivity index (χ0n) is 17.3. The first kappa shape index (κ1) is 19.5. The molecule has 0 amide bonds. The summed E-state index contributed by atoms with van der Waals surface area (Å²) < 4.78 is 2.19. The van der Waals surface area contributed by atoms with Gasteiger partial charge in [-0.2, -0.15) is 4.98 Å². The fourth-order valence-electron chi connectivity index (χ4n) is 3.94. The third-order valence-corrected chi connectivity index (χ3v) is 5.67. The van der Waals surface area contributed by atoms with Gasteiger partial charge in [-0.15, -0.1) is 0 Å². The van der Waals surface area contributed by atoms with Crippen LogP contribution >= 0.6 is 0 Å². The smallest absolute Gasteiger partial charge is 0.227 e. The van der Waals surface area contributed by atoms with Gasteiger partial charge in [-0.3, -0.25) is 0 Å². The minimum Gasteiger partial charge on any atom is -0.378 e. The highest BCUT2D eigenvalue weighted by atomic mass is 16.3. The van der Waals surface area contributed by atoms with E-state index >= 15 is 0 Å². The van der Waals surface area contributed by atoms with E-state index in [2.05, 4.69) is 48.6 Å². The van der Waals surface area contributed by atoms with Crippen molar-refractivity contribution >= 4 is 28.6 Å². The van der Waals surface area contributed by atoms with Gasteiger partial charge in [0.25, 0.3) is 0 Å². The second-order valence-corrected chi connectivity index (χ2v) is 8.32. The Morgan fingerprint density at radius 2 is 2.03 bits per heavy atom. The summed E-state index contributed by atoms with van der Waals surface area (Å²) >= 11 is 0. The molecule has 0 aliphatic carbocycles. The molecule has 4 N–H and O–H groups in total. The lowest BCUT2D eigenvalue weighted by molar-refractivity contribution is 0.0581. The molecule has 9 nitrogen and oxygen atoms in total. The minimum atomic E-state index is -0.862. The lowest BCUT2D eigenvalue weighted by atomic mass is 9.88. The molecule has 0 saturated carbocycles. The Labute approximate surface area is 170 Å². The van der Waals surface area contributed by atoms with Crippen LogP contribution in [-0.4, -0.2) is 48.9 Å². The zero-order chi connectivity index (χ0) is 20.8. The topological polar surface area (TPSA) is 118 Å². The van der Waals surface area contributed by atoms with Crippen molar-refractivity contribution in [3.8, 4) is 0 Å². The molecule has 2 atom stereocenters. The molecule has 4 rings (SSSR count). The van der Waals surface area contributed by atoms with E-state index in [-0.39, 0.29) is 5.41 Å². The monoisotopic (exact) mass is 396 g/mol. The molecule has 2 unspecified atom stereocenters. The van der Waals surface area contributed by atoms with Crippen molar-refractivity contribution in [3.63, 3.8) is 0 Å². The molecule has 0 bridgehead atoms. The highest BCUT2D eigenvalue weighted by molar-refractivity contribution is 5.79. The Hall–Kier alpha value is -2.78. The first-order valence-electron chi connectivity index (χ1n) is 9.90. The molecule has 9 heteroatoms. The predicted molar refractivity (Wildman–Crippen MR) is 113 cm³/mol. The largest absolute Gasteiger partial charge is 0.378 e. The number of rotatable bonds is 5. The van der Waals surface area contributed by atoms with Crippen LogP contribution < -0.4 is 16.0 Å². The normalized spacial score (nSPS) is 20.6. The number of hydrogen-bond donors (Lipinski definition) is 3. The number of pyridine rings is 1. The van der Waals surface area contributed by atoms with Gasteiger partial charge in [-0.25, -0.2) is 15.0 Å². The molecule has 29 heavy (non-hydrogen) atoms. The first-order valence-corrected chi connectivity index (χ1v) is 9.90. The van der Waals surface area contributed by atoms with Gasteiger partial charge in [-0.1, -0.05) is 6.92 Å². The molecule has 3 aromatic rings. The summed E-state index contributed by atoms with van der Waals surface area (Å²) in [6, 6.07) is 4.12. The number of aliphatic hydroxyl groups excluding tert-OH is 1. The molecule has 1 fully saturated rings. The molecular formula is C20H28N8O. The van der Waals surface area contributed by atoms with Crippen LogP contribution in [0.4, 0.5) is 17.6 Å². The van der Waals surface area contributed by atoms with Crippen molar-refractivity contribution in [3.05, 3.63) is 30.4 Å². The summed E-state index contributed by atoms with van der Waals surface area (Å²) in [6.45, 7) is 9.64. The van der Waals surface area contributed by atoms with Crippen molar-refractivity contribution in [1.82, 2.24) is 24.5 Å². The van der Waals surface area contributed by atoms with E-state index in [4.69, 9.17) is 5.73 Å². The Balaban J connectivity index is 1.58. The zero-order valence-corrected chi connectivity index (χ0v) is 17.3. The molecule has 154 valence electrons. The van der Waals surface area contributed by atoms with E-state index in [0.717, 1.165) is 29.8 Å². The lowest BCUT2D eigenvalue weighted by Gasteiger charge is -2.27. The van der Waals surface area contributed by atoms with E-state index in [0.29, 0.717) is 30.2 Å². The van der Waals surface area contributed by atoms with E-state index in [1.165, 1.54) is 0 Å². The molecule has 1 saturated heterocycles. The van der Waals surface area contributed by atoms with Gasteiger partial charge in [0, 0.05) is 36.8 Å². The van der Waals surface area contributed by atoms with Crippen molar-refractivity contribution < 1.29 is 5.11 Å². The van der Waals surface area contributed by atoms with E-state index in [9.17, 15) is 5.11 Å². The van der Waals surface area contributed by atoms with Crippen LogP contribution in [0.5, 0.6) is 0 Å². The number of fused-ring (bicyclic) bond motifs is 1. The van der Waals surface area contributed by atoms with E-state index in [1.54, 1.807) is 12.4 Å². The molecule has 4 heterocycles. The lowest BCUT2D eigenvalue weighted by Crippen LogP contribution is -2.41. The van der Waals surface area contributed by atoms with Crippen LogP contribution in [0.3, 0.4) is 0 Å². The summed E-state index contributed by atoms with van der Waals surface area (Å²) in [5.74, 6) is 2.95. The molecule has 0 radical (unpaired) electrons. The van der Waals surface area contributed by atoms with Crippen molar-refractivity contribution in [1.29, 1.82) is 0 Å². The number of anilines is 3. The molecule has 1 aliphatic rings. The highest BCUT2D eigenvalue weighted by Gasteiger charge is 2.39. The van der Waals surface area contributed by atoms with Gasteiger partial charge < -0.3 is 25.6 Å². The SMILES string of the molecule is Cc1nc2cnc(Nc3ccnc(N4CCC(C)(C(N)O)C4)n3)cc2n1C(C)C. The number of aromatic nitrogens is 5. The summed E-state index contributed by atoms with van der Waals surface area (Å²) in [6.07, 6.45) is 3.43. The van der Waals surface area contributed by atoms with Crippen LogP contribution in [0.15, 0.2) is 24.5 Å². The third-order valence-electron chi connectivity index (χ3n) is 5.67. The van der Waals surface area contributed by atoms with Crippen molar-refractivity contribution in [2.24, 2.45) is 11.1 Å². The summed E-state index contributed by atoms with van der Waals surface area (Å²) in [7, 11) is 0. The third kappa shape index (κ3) is 3.63. The minimum absolute atomic E-state index is 0.309. The van der Waals surface area contributed by atoms with Crippen molar-refractivity contribution in [2.45, 2.75) is 46.4 Å². The Morgan fingerprint density at radius 1 is 1.24 bits per heavy atom. The average Bonchev–Trinajstić information content (AvgIpc) is 3.22. The second kappa shape index (κ2) is 7.23. The summed E-state index contributed by atoms with van der Waals surface area (Å²) in [4.78, 5) is 20.1.